The average Bonchev–Trinajstić information content (AvgIpc) is 2.78. The number of anilines is 2. The van der Waals surface area contributed by atoms with Crippen LogP contribution in [0.25, 0.3) is 6.08 Å². The molecule has 0 saturated heterocycles. The molecule has 0 bridgehead atoms. The van der Waals surface area contributed by atoms with Gasteiger partial charge in [0.2, 0.25) is 0 Å². The number of nitrogens with one attached hydrogen (secondary N) is 2. The first-order valence-electron chi connectivity index (χ1n) is 10.5. The highest BCUT2D eigenvalue weighted by atomic mass is 16.5. The summed E-state index contributed by atoms with van der Waals surface area (Å²) in [6.07, 6.45) is 4.92. The van der Waals surface area contributed by atoms with Gasteiger partial charge in [-0.2, -0.15) is 0 Å². The minimum atomic E-state index is -0.573. The van der Waals surface area contributed by atoms with Gasteiger partial charge in [-0.05, 0) is 62.7 Å². The fraction of sp³-hybridized carbons (Fsp3) is 0.375. The summed E-state index contributed by atoms with van der Waals surface area (Å²) < 4.78 is 0. The van der Waals surface area contributed by atoms with Crippen LogP contribution in [0, 0.1) is 0 Å². The number of carbonyl (C=O) groups excluding carboxylic acids is 1. The van der Waals surface area contributed by atoms with Gasteiger partial charge < -0.3 is 21.1 Å². The largest absolute Gasteiger partial charge is 0.397 e. The van der Waals surface area contributed by atoms with Crippen LogP contribution in [0.2, 0.25) is 0 Å². The lowest BCUT2D eigenvalue weighted by molar-refractivity contribution is -0.124. The number of hydrogen-bond donors (Lipinski definition) is 5. The maximum absolute atomic E-state index is 11.0. The van der Waals surface area contributed by atoms with Gasteiger partial charge in [-0.1, -0.05) is 43.3 Å². The minimum absolute atomic E-state index is 0.250. The van der Waals surface area contributed by atoms with Crippen LogP contribution in [0.3, 0.4) is 0 Å². The van der Waals surface area contributed by atoms with E-state index in [1.807, 2.05) is 38.4 Å². The number of hydroxylamine groups is 1. The molecule has 0 heterocycles. The van der Waals surface area contributed by atoms with Gasteiger partial charge >= 0.3 is 0 Å². The molecule has 0 unspecified atom stereocenters. The highest BCUT2D eigenvalue weighted by Gasteiger charge is 2.06. The number of aryl methyl sites for hydroxylation is 1. The van der Waals surface area contributed by atoms with Crippen molar-refractivity contribution in [2.24, 2.45) is 0 Å². The maximum Gasteiger partial charge on any atom is 0.267 e. The molecule has 2 aromatic rings. The van der Waals surface area contributed by atoms with E-state index in [9.17, 15) is 4.79 Å². The van der Waals surface area contributed by atoms with E-state index >= 15 is 0 Å². The average molecular weight is 431 g/mol. The van der Waals surface area contributed by atoms with Gasteiger partial charge in [-0.3, -0.25) is 10.0 Å². The van der Waals surface area contributed by atoms with Crippen molar-refractivity contribution in [2.45, 2.75) is 26.7 Å². The minimum Gasteiger partial charge on any atom is -0.397 e. The van der Waals surface area contributed by atoms with E-state index in [1.54, 1.807) is 18.5 Å². The summed E-state index contributed by atoms with van der Waals surface area (Å²) in [6.45, 7) is 5.97. The molecule has 0 atom stereocenters. The molecule has 31 heavy (non-hydrogen) atoms. The number of amides is 1. The highest BCUT2D eigenvalue weighted by Crippen LogP contribution is 2.24. The molecule has 0 saturated carbocycles. The van der Waals surface area contributed by atoms with Crippen LogP contribution in [0.1, 0.15) is 31.4 Å². The fourth-order valence-electron chi connectivity index (χ4n) is 2.52. The van der Waals surface area contributed by atoms with Crippen LogP contribution >= 0.6 is 0 Å². The Morgan fingerprint density at radius 1 is 1.16 bits per heavy atom. The van der Waals surface area contributed by atoms with E-state index in [0.717, 1.165) is 37.2 Å². The van der Waals surface area contributed by atoms with E-state index in [-0.39, 0.29) is 6.61 Å². The standard InChI is InChI=1S/C19H23N3O2.C3H9N.C2H6O/c1-22(13-5-8-15-6-3-2-4-7-15)18-11-9-16(14-17(18)20)10-12-19(23)21-24;1-3-4-2;1-2-3/h2-4,6-7,9-12,14,24H,5,8,13,20H2,1H3,(H,21,23);4H,3H2,1-2H3;3H,2H2,1H3/b12-10+;;. The fourth-order valence-corrected chi connectivity index (χ4v) is 2.52. The molecule has 2 rings (SSSR count). The normalized spacial score (nSPS) is 9.87. The Hall–Kier alpha value is -2.87. The summed E-state index contributed by atoms with van der Waals surface area (Å²) in [5, 5.41) is 19.0. The number of nitrogen functional groups attached to an aromatic ring is 1. The van der Waals surface area contributed by atoms with Crippen molar-refractivity contribution >= 4 is 23.4 Å². The molecule has 7 heteroatoms. The van der Waals surface area contributed by atoms with Crippen LogP contribution in [-0.4, -0.2) is 50.0 Å². The SMILES string of the molecule is CCNC.CCO.CN(CCCc1ccccc1)c1ccc(/C=C/C(=O)NO)cc1N. The van der Waals surface area contributed by atoms with Gasteiger partial charge in [0.15, 0.2) is 0 Å². The molecule has 0 aliphatic heterocycles. The molecule has 0 aromatic heterocycles. The summed E-state index contributed by atoms with van der Waals surface area (Å²) in [5.41, 5.74) is 11.4. The van der Waals surface area contributed by atoms with Crippen LogP contribution in [0.5, 0.6) is 0 Å². The molecule has 2 aromatic carbocycles. The number of nitrogens with two attached hydrogens (primary N) is 1. The van der Waals surface area contributed by atoms with Crippen molar-refractivity contribution in [1.82, 2.24) is 10.8 Å². The Morgan fingerprint density at radius 2 is 1.77 bits per heavy atom. The molecule has 6 N–H and O–H groups in total. The van der Waals surface area contributed by atoms with Crippen molar-refractivity contribution in [3.63, 3.8) is 0 Å². The number of nitrogens with zero attached hydrogens (tertiary/aromatic N) is 1. The smallest absolute Gasteiger partial charge is 0.267 e. The van der Waals surface area contributed by atoms with Gasteiger partial charge in [0, 0.05) is 26.3 Å². The zero-order chi connectivity index (χ0) is 23.5. The maximum atomic E-state index is 11.0. The highest BCUT2D eigenvalue weighted by molar-refractivity contribution is 5.91. The van der Waals surface area contributed by atoms with E-state index < -0.39 is 5.91 Å². The van der Waals surface area contributed by atoms with Gasteiger partial charge in [-0.25, -0.2) is 5.48 Å². The lowest BCUT2D eigenvalue weighted by Crippen LogP contribution is -2.20. The first-order valence-corrected chi connectivity index (χ1v) is 10.5. The third-order valence-electron chi connectivity index (χ3n) is 4.16. The predicted molar refractivity (Wildman–Crippen MR) is 130 cm³/mol. The Bertz CT molecular complexity index is 750. The molecule has 0 aliphatic rings. The van der Waals surface area contributed by atoms with Crippen LogP contribution in [-0.2, 0) is 11.2 Å². The van der Waals surface area contributed by atoms with Crippen molar-refractivity contribution in [3.05, 3.63) is 65.7 Å². The third kappa shape index (κ3) is 13.1. The second kappa shape index (κ2) is 17.9. The molecule has 0 aliphatic carbocycles. The Balaban J connectivity index is 0.00000113. The number of hydrogen-bond acceptors (Lipinski definition) is 6. The number of aliphatic hydroxyl groups excluding tert-OH is 1. The van der Waals surface area contributed by atoms with Gasteiger partial charge in [-0.15, -0.1) is 0 Å². The molecule has 0 spiro atoms. The van der Waals surface area contributed by atoms with Gasteiger partial charge in [0.1, 0.15) is 0 Å². The Morgan fingerprint density at radius 3 is 2.29 bits per heavy atom. The van der Waals surface area contributed by atoms with E-state index in [2.05, 4.69) is 41.4 Å². The first kappa shape index (κ1) is 28.1. The third-order valence-corrected chi connectivity index (χ3v) is 4.16. The zero-order valence-corrected chi connectivity index (χ0v) is 19.1. The summed E-state index contributed by atoms with van der Waals surface area (Å²) in [7, 11) is 3.95. The van der Waals surface area contributed by atoms with E-state index in [1.165, 1.54) is 11.6 Å². The Kier molecular flexibility index (Phi) is 16.3. The lowest BCUT2D eigenvalue weighted by atomic mass is 10.1. The van der Waals surface area contributed by atoms with Crippen LogP contribution < -0.4 is 21.4 Å². The molecular formula is C24H38N4O3. The number of rotatable bonds is 8. The van der Waals surface area contributed by atoms with Gasteiger partial charge in [0.05, 0.1) is 11.4 Å². The number of benzene rings is 2. The van der Waals surface area contributed by atoms with Crippen LogP contribution in [0.4, 0.5) is 11.4 Å². The molecule has 0 radical (unpaired) electrons. The van der Waals surface area contributed by atoms with Crippen molar-refractivity contribution < 1.29 is 15.1 Å². The van der Waals surface area contributed by atoms with Crippen molar-refractivity contribution in [2.75, 3.05) is 44.4 Å². The van der Waals surface area contributed by atoms with Gasteiger partial charge in [0.25, 0.3) is 5.91 Å². The monoisotopic (exact) mass is 430 g/mol. The topological polar surface area (TPSA) is 111 Å². The number of aliphatic hydroxyl groups is 1. The van der Waals surface area contributed by atoms with Crippen LogP contribution in [0.15, 0.2) is 54.6 Å². The molecule has 172 valence electrons. The quantitative estimate of drug-likeness (QED) is 0.190. The van der Waals surface area contributed by atoms with Crippen molar-refractivity contribution in [1.29, 1.82) is 0 Å². The Labute approximate surface area is 186 Å². The zero-order valence-electron chi connectivity index (χ0n) is 19.1. The summed E-state index contributed by atoms with van der Waals surface area (Å²) >= 11 is 0. The molecule has 1 amide bonds. The van der Waals surface area contributed by atoms with Crippen molar-refractivity contribution in [3.8, 4) is 0 Å². The van der Waals surface area contributed by atoms with E-state index in [0.29, 0.717) is 5.69 Å². The second-order valence-electron chi connectivity index (χ2n) is 6.66. The first-order chi connectivity index (χ1) is 14.9. The summed E-state index contributed by atoms with van der Waals surface area (Å²) in [6, 6.07) is 16.0. The molecule has 7 nitrogen and oxygen atoms in total. The molecular weight excluding hydrogens is 392 g/mol. The predicted octanol–water partition coefficient (Wildman–Crippen LogP) is 3.08. The number of carbonyl (C=O) groups is 1. The summed E-state index contributed by atoms with van der Waals surface area (Å²) in [4.78, 5) is 13.1. The summed E-state index contributed by atoms with van der Waals surface area (Å²) in [5.74, 6) is -0.573. The second-order valence-corrected chi connectivity index (χ2v) is 6.66. The van der Waals surface area contributed by atoms with E-state index in [4.69, 9.17) is 16.0 Å². The molecule has 0 fully saturated rings. The lowest BCUT2D eigenvalue weighted by Gasteiger charge is -2.21.